The van der Waals surface area contributed by atoms with Gasteiger partial charge in [0.2, 0.25) is 15.9 Å². The molecular weight excluding hydrogens is 400 g/mol. The summed E-state index contributed by atoms with van der Waals surface area (Å²) in [5.74, 6) is -0.327. The van der Waals surface area contributed by atoms with Gasteiger partial charge in [0.1, 0.15) is 15.9 Å². The summed E-state index contributed by atoms with van der Waals surface area (Å²) in [4.78, 5) is 12.7. The summed E-state index contributed by atoms with van der Waals surface area (Å²) in [6.45, 7) is 3.29. The van der Waals surface area contributed by atoms with Crippen LogP contribution in [0, 0.1) is 5.92 Å². The van der Waals surface area contributed by atoms with Crippen LogP contribution in [0.5, 0.6) is 0 Å². The second kappa shape index (κ2) is 7.57. The Labute approximate surface area is 166 Å². The quantitative estimate of drug-likeness (QED) is 0.675. The second-order valence-electron chi connectivity index (χ2n) is 6.64. The molecule has 4 rings (SSSR count). The lowest BCUT2D eigenvalue weighted by atomic mass is 9.97. The highest BCUT2D eigenvalue weighted by molar-refractivity contribution is 7.89. The van der Waals surface area contributed by atoms with E-state index in [0.29, 0.717) is 42.7 Å². The van der Waals surface area contributed by atoms with E-state index >= 15 is 0 Å². The maximum Gasteiger partial charge on any atom is 0.245 e. The van der Waals surface area contributed by atoms with Crippen molar-refractivity contribution in [2.75, 3.05) is 18.4 Å². The average molecular weight is 421 g/mol. The number of fused-ring (bicyclic) bond motifs is 1. The van der Waals surface area contributed by atoms with E-state index in [1.807, 2.05) is 6.92 Å². The van der Waals surface area contributed by atoms with Gasteiger partial charge in [-0.05, 0) is 31.9 Å². The molecule has 148 valence electrons. The molecule has 1 aliphatic heterocycles. The van der Waals surface area contributed by atoms with Crippen LogP contribution < -0.4 is 5.32 Å². The van der Waals surface area contributed by atoms with E-state index in [4.69, 9.17) is 0 Å². The van der Waals surface area contributed by atoms with Crippen LogP contribution >= 0.6 is 11.7 Å². The number of piperidine rings is 1. The van der Waals surface area contributed by atoms with Crippen molar-refractivity contribution in [2.24, 2.45) is 5.92 Å². The largest absolute Gasteiger partial charge is 0.323 e. The fourth-order valence-electron chi connectivity index (χ4n) is 3.33. The average Bonchev–Trinajstić information content (AvgIpc) is 3.36. The minimum atomic E-state index is -3.67. The SMILES string of the molecule is CCn1cc(NC(=O)C2CCN(S(=O)(=O)c3cccc4nsnc34)CC2)cn1. The first-order chi connectivity index (χ1) is 13.5. The molecule has 1 aliphatic rings. The van der Waals surface area contributed by atoms with Gasteiger partial charge in [0.15, 0.2) is 0 Å². The maximum absolute atomic E-state index is 13.1. The first-order valence-corrected chi connectivity index (χ1v) is 11.2. The van der Waals surface area contributed by atoms with Crippen molar-refractivity contribution in [3.8, 4) is 0 Å². The number of aryl methyl sites for hydroxylation is 1. The molecule has 1 saturated heterocycles. The number of carbonyl (C=O) groups is 1. The zero-order valence-electron chi connectivity index (χ0n) is 15.3. The van der Waals surface area contributed by atoms with E-state index in [9.17, 15) is 13.2 Å². The molecule has 1 amide bonds. The van der Waals surface area contributed by atoms with Crippen LogP contribution in [0.2, 0.25) is 0 Å². The Hall–Kier alpha value is -2.37. The fraction of sp³-hybridized carbons (Fsp3) is 0.412. The molecule has 0 spiro atoms. The van der Waals surface area contributed by atoms with Crippen LogP contribution in [-0.2, 0) is 21.4 Å². The summed E-state index contributed by atoms with van der Waals surface area (Å²) in [6.07, 6.45) is 4.33. The molecular formula is C17H20N6O3S2. The van der Waals surface area contributed by atoms with Gasteiger partial charge in [-0.1, -0.05) is 6.07 Å². The van der Waals surface area contributed by atoms with Crippen molar-refractivity contribution in [3.05, 3.63) is 30.6 Å². The highest BCUT2D eigenvalue weighted by Gasteiger charge is 2.33. The Bertz CT molecular complexity index is 1100. The molecule has 3 aromatic rings. The number of amides is 1. The third-order valence-electron chi connectivity index (χ3n) is 4.92. The molecule has 0 aliphatic carbocycles. The number of hydrogen-bond acceptors (Lipinski definition) is 7. The van der Waals surface area contributed by atoms with Gasteiger partial charge in [-0.2, -0.15) is 18.2 Å². The Balaban J connectivity index is 1.43. The Kier molecular flexibility index (Phi) is 5.13. The number of nitrogens with zero attached hydrogens (tertiary/aromatic N) is 5. The van der Waals surface area contributed by atoms with Gasteiger partial charge in [-0.25, -0.2) is 8.42 Å². The van der Waals surface area contributed by atoms with Gasteiger partial charge in [0, 0.05) is 31.7 Å². The van der Waals surface area contributed by atoms with E-state index in [1.54, 1.807) is 35.3 Å². The normalized spacial score (nSPS) is 16.5. The zero-order chi connectivity index (χ0) is 19.7. The van der Waals surface area contributed by atoms with Crippen LogP contribution in [0.25, 0.3) is 11.0 Å². The predicted molar refractivity (Wildman–Crippen MR) is 105 cm³/mol. The minimum absolute atomic E-state index is 0.0986. The third kappa shape index (κ3) is 3.52. The van der Waals surface area contributed by atoms with Crippen LogP contribution in [0.4, 0.5) is 5.69 Å². The highest BCUT2D eigenvalue weighted by atomic mass is 32.2. The van der Waals surface area contributed by atoms with Gasteiger partial charge in [-0.15, -0.1) is 0 Å². The van der Waals surface area contributed by atoms with Crippen LogP contribution in [0.15, 0.2) is 35.5 Å². The van der Waals surface area contributed by atoms with Gasteiger partial charge in [0.05, 0.1) is 23.6 Å². The van der Waals surface area contributed by atoms with Crippen molar-refractivity contribution >= 4 is 44.4 Å². The number of rotatable bonds is 5. The molecule has 0 saturated carbocycles. The molecule has 1 fully saturated rings. The summed E-state index contributed by atoms with van der Waals surface area (Å²) in [7, 11) is -3.67. The number of benzene rings is 1. The smallest absolute Gasteiger partial charge is 0.245 e. The van der Waals surface area contributed by atoms with E-state index in [-0.39, 0.29) is 16.7 Å². The van der Waals surface area contributed by atoms with Gasteiger partial charge >= 0.3 is 0 Å². The Morgan fingerprint density at radius 3 is 2.79 bits per heavy atom. The van der Waals surface area contributed by atoms with Crippen molar-refractivity contribution < 1.29 is 13.2 Å². The zero-order valence-corrected chi connectivity index (χ0v) is 16.9. The summed E-state index contributed by atoms with van der Waals surface area (Å²) >= 11 is 0.996. The molecule has 1 N–H and O–H groups in total. The standard InChI is InChI=1S/C17H20N6O3S2/c1-2-22-11-13(10-18-22)19-17(24)12-6-8-23(9-7-12)28(25,26)15-5-3-4-14-16(15)21-27-20-14/h3-5,10-12H,2,6-9H2,1H3,(H,19,24). The molecule has 0 unspecified atom stereocenters. The van der Waals surface area contributed by atoms with Crippen LogP contribution in [0.3, 0.4) is 0 Å². The highest BCUT2D eigenvalue weighted by Crippen LogP contribution is 2.28. The third-order valence-corrected chi connectivity index (χ3v) is 7.39. The van der Waals surface area contributed by atoms with E-state index < -0.39 is 10.0 Å². The summed E-state index contributed by atoms with van der Waals surface area (Å²) in [5.41, 5.74) is 1.64. The van der Waals surface area contributed by atoms with Gasteiger partial charge in [0.25, 0.3) is 0 Å². The number of carbonyl (C=O) groups excluding carboxylic acids is 1. The van der Waals surface area contributed by atoms with Crippen LogP contribution in [0.1, 0.15) is 19.8 Å². The Morgan fingerprint density at radius 2 is 2.07 bits per heavy atom. The Morgan fingerprint density at radius 1 is 1.29 bits per heavy atom. The van der Waals surface area contributed by atoms with Crippen molar-refractivity contribution in [1.82, 2.24) is 22.8 Å². The molecule has 28 heavy (non-hydrogen) atoms. The second-order valence-corrected chi connectivity index (χ2v) is 9.08. The lowest BCUT2D eigenvalue weighted by molar-refractivity contribution is -0.120. The molecule has 1 aromatic carbocycles. The first-order valence-electron chi connectivity index (χ1n) is 9.04. The summed E-state index contributed by atoms with van der Waals surface area (Å²) < 4.78 is 37.5. The minimum Gasteiger partial charge on any atom is -0.323 e. The molecule has 0 atom stereocenters. The van der Waals surface area contributed by atoms with Crippen molar-refractivity contribution in [2.45, 2.75) is 31.2 Å². The van der Waals surface area contributed by atoms with Crippen molar-refractivity contribution in [3.63, 3.8) is 0 Å². The number of nitrogens with one attached hydrogen (secondary N) is 1. The summed E-state index contributed by atoms with van der Waals surface area (Å²) in [6, 6.07) is 4.98. The molecule has 0 radical (unpaired) electrons. The van der Waals surface area contributed by atoms with Gasteiger partial charge < -0.3 is 5.32 Å². The molecule has 11 heteroatoms. The number of hydrogen-bond donors (Lipinski definition) is 1. The fourth-order valence-corrected chi connectivity index (χ4v) is 5.55. The molecule has 2 aromatic heterocycles. The van der Waals surface area contributed by atoms with E-state index in [1.165, 1.54) is 4.31 Å². The monoisotopic (exact) mass is 420 g/mol. The van der Waals surface area contributed by atoms with Crippen LogP contribution in [-0.4, -0.2) is 50.2 Å². The maximum atomic E-state index is 13.1. The van der Waals surface area contributed by atoms with E-state index in [0.717, 1.165) is 18.3 Å². The lowest BCUT2D eigenvalue weighted by Crippen LogP contribution is -2.41. The number of anilines is 1. The molecule has 9 nitrogen and oxygen atoms in total. The molecule has 3 heterocycles. The number of aromatic nitrogens is 4. The predicted octanol–water partition coefficient (Wildman–Crippen LogP) is 1.95. The molecule has 0 bridgehead atoms. The first kappa shape index (κ1) is 19.0. The van der Waals surface area contributed by atoms with E-state index in [2.05, 4.69) is 19.2 Å². The number of sulfonamides is 1. The topological polar surface area (TPSA) is 110 Å². The van der Waals surface area contributed by atoms with Gasteiger partial charge in [-0.3, -0.25) is 9.48 Å². The van der Waals surface area contributed by atoms with Crippen molar-refractivity contribution in [1.29, 1.82) is 0 Å². The lowest BCUT2D eigenvalue weighted by Gasteiger charge is -2.30. The summed E-state index contributed by atoms with van der Waals surface area (Å²) in [5, 5.41) is 7.00.